The topological polar surface area (TPSA) is 135 Å². The Morgan fingerprint density at radius 2 is 1.92 bits per heavy atom. The number of nitro benzene ring substituents is 1. The largest absolute Gasteiger partial charge is 0.493 e. The fraction of sp³-hybridized carbons (Fsp3) is 0.171. The Hall–Kier alpha value is -5.17. The zero-order chi connectivity index (χ0) is 34.8. The highest BCUT2D eigenvalue weighted by Gasteiger charge is 2.35. The molecule has 0 N–H and O–H groups in total. The summed E-state index contributed by atoms with van der Waals surface area (Å²) >= 11 is 13.4. The summed E-state index contributed by atoms with van der Waals surface area (Å²) < 4.78 is 24.8. The molecule has 14 heteroatoms. The van der Waals surface area contributed by atoms with Crippen molar-refractivity contribution in [2.45, 2.75) is 26.5 Å². The summed E-state index contributed by atoms with van der Waals surface area (Å²) in [6, 6.07) is 18.7. The molecule has 0 saturated carbocycles. The summed E-state index contributed by atoms with van der Waals surface area (Å²) in [5, 5.41) is 12.4. The number of rotatable bonds is 10. The second kappa shape index (κ2) is 14.1. The van der Waals surface area contributed by atoms with E-state index in [-0.39, 0.29) is 30.2 Å². The van der Waals surface area contributed by atoms with Gasteiger partial charge in [-0.25, -0.2) is 9.79 Å². The van der Waals surface area contributed by atoms with Gasteiger partial charge >= 0.3 is 5.97 Å². The number of fused-ring (bicyclic) bond motifs is 1. The number of furan rings is 1. The average Bonchev–Trinajstić information content (AvgIpc) is 3.69. The fourth-order valence-electron chi connectivity index (χ4n) is 5.33. The Balaban J connectivity index is 1.39. The normalized spacial score (nSPS) is 14.3. The number of allylic oxidation sites excluding steroid dienone is 1. The summed E-state index contributed by atoms with van der Waals surface area (Å²) in [6.07, 6.45) is 1.70. The van der Waals surface area contributed by atoms with Crippen molar-refractivity contribution in [1.82, 2.24) is 4.57 Å². The summed E-state index contributed by atoms with van der Waals surface area (Å²) in [5.41, 5.74) is 1.87. The number of carbonyl (C=O) groups is 1. The molecule has 0 amide bonds. The number of esters is 1. The quantitative estimate of drug-likeness (QED) is 0.0868. The number of thiazole rings is 1. The molecule has 5 aromatic rings. The molecule has 250 valence electrons. The lowest BCUT2D eigenvalue weighted by atomic mass is 10.0. The first-order valence-corrected chi connectivity index (χ1v) is 16.4. The third-order valence-corrected chi connectivity index (χ3v) is 9.21. The van der Waals surface area contributed by atoms with Gasteiger partial charge < -0.3 is 18.6 Å². The molecule has 1 aliphatic rings. The number of ether oxygens (including phenoxy) is 3. The molecule has 0 spiro atoms. The minimum atomic E-state index is -1.00. The maximum absolute atomic E-state index is 14.1. The van der Waals surface area contributed by atoms with Crippen molar-refractivity contribution in [1.29, 1.82) is 0 Å². The number of hydrogen-bond donors (Lipinski definition) is 0. The highest BCUT2D eigenvalue weighted by atomic mass is 35.5. The van der Waals surface area contributed by atoms with Gasteiger partial charge in [0.25, 0.3) is 11.2 Å². The van der Waals surface area contributed by atoms with E-state index < -0.39 is 22.5 Å². The van der Waals surface area contributed by atoms with Gasteiger partial charge in [0.2, 0.25) is 0 Å². The van der Waals surface area contributed by atoms with Crippen molar-refractivity contribution in [2.24, 2.45) is 4.99 Å². The fourth-order valence-corrected chi connectivity index (χ4v) is 6.84. The van der Waals surface area contributed by atoms with E-state index in [1.165, 1.54) is 23.8 Å². The van der Waals surface area contributed by atoms with Gasteiger partial charge in [0.15, 0.2) is 16.3 Å². The molecular weight excluding hydrogens is 693 g/mol. The number of aromatic nitrogens is 1. The third-order valence-electron chi connectivity index (χ3n) is 7.64. The van der Waals surface area contributed by atoms with Gasteiger partial charge in [-0.2, -0.15) is 0 Å². The molecule has 11 nitrogen and oxygen atoms in total. The highest BCUT2D eigenvalue weighted by molar-refractivity contribution is 7.07. The maximum atomic E-state index is 14.1. The van der Waals surface area contributed by atoms with Crippen LogP contribution in [0.4, 0.5) is 5.69 Å². The van der Waals surface area contributed by atoms with Crippen LogP contribution in [0.25, 0.3) is 17.4 Å². The van der Waals surface area contributed by atoms with E-state index in [0.29, 0.717) is 53.5 Å². The molecule has 3 aromatic carbocycles. The van der Waals surface area contributed by atoms with Gasteiger partial charge in [-0.15, -0.1) is 0 Å². The molecule has 0 aliphatic carbocycles. The number of nitro groups is 1. The summed E-state index contributed by atoms with van der Waals surface area (Å²) in [6.45, 7) is 3.64. The number of nitrogens with zero attached hydrogens (tertiary/aromatic N) is 3. The molecule has 2 aromatic heterocycles. The van der Waals surface area contributed by atoms with E-state index in [9.17, 15) is 19.7 Å². The standard InChI is InChI=1S/C35H27Cl2N3O8S/c1-4-46-34(42)31-19(2)38-35-39(32(31)28-13-12-26(48-28)21-6-5-7-24(16-21)40(43)44)33(41)30(49-35)15-20-8-11-27(29(14-20)45-3)47-18-22-9-10-23(36)17-25(22)37/h5-17,32H,4,18H2,1-3H3/b30-15-/t32-/m0/s1. The van der Waals surface area contributed by atoms with Crippen LogP contribution < -0.4 is 24.4 Å². The van der Waals surface area contributed by atoms with Gasteiger partial charge in [0.1, 0.15) is 24.2 Å². The summed E-state index contributed by atoms with van der Waals surface area (Å²) in [7, 11) is 1.51. The first-order valence-electron chi connectivity index (χ1n) is 14.9. The molecule has 1 aliphatic heterocycles. The van der Waals surface area contributed by atoms with Gasteiger partial charge in [0.05, 0.1) is 34.4 Å². The molecule has 6 rings (SSSR count). The van der Waals surface area contributed by atoms with Gasteiger partial charge in [-0.3, -0.25) is 19.5 Å². The minimum absolute atomic E-state index is 0.103. The molecule has 3 heterocycles. The summed E-state index contributed by atoms with van der Waals surface area (Å²) in [4.78, 5) is 43.2. The van der Waals surface area contributed by atoms with Crippen molar-refractivity contribution in [3.63, 3.8) is 0 Å². The van der Waals surface area contributed by atoms with Crippen LogP contribution in [-0.2, 0) is 16.1 Å². The Kier molecular flexibility index (Phi) is 9.72. The van der Waals surface area contributed by atoms with Crippen LogP contribution in [0.1, 0.15) is 36.8 Å². The molecular formula is C35H27Cl2N3O8S. The van der Waals surface area contributed by atoms with Crippen LogP contribution in [0, 0.1) is 10.1 Å². The number of halogens is 2. The summed E-state index contributed by atoms with van der Waals surface area (Å²) in [5.74, 6) is 0.854. The Morgan fingerprint density at radius 3 is 2.65 bits per heavy atom. The second-order valence-electron chi connectivity index (χ2n) is 10.7. The minimum Gasteiger partial charge on any atom is -0.493 e. The second-order valence-corrected chi connectivity index (χ2v) is 12.6. The molecule has 1 atom stereocenters. The van der Waals surface area contributed by atoms with Crippen LogP contribution in [0.5, 0.6) is 11.5 Å². The number of benzene rings is 3. The van der Waals surface area contributed by atoms with Crippen LogP contribution >= 0.6 is 34.5 Å². The lowest BCUT2D eigenvalue weighted by Gasteiger charge is -2.22. The van der Waals surface area contributed by atoms with E-state index in [1.807, 2.05) is 0 Å². The molecule has 0 unspecified atom stereocenters. The van der Waals surface area contributed by atoms with Gasteiger partial charge in [-0.1, -0.05) is 58.8 Å². The number of non-ortho nitro benzene ring substituents is 1. The first kappa shape index (κ1) is 33.7. The Labute approximate surface area is 293 Å². The van der Waals surface area contributed by atoms with E-state index in [0.717, 1.165) is 16.9 Å². The Bertz CT molecular complexity index is 2330. The van der Waals surface area contributed by atoms with Crippen molar-refractivity contribution < 1.29 is 28.3 Å². The van der Waals surface area contributed by atoms with Crippen LogP contribution in [0.15, 0.2) is 98.3 Å². The van der Waals surface area contributed by atoms with E-state index in [1.54, 1.807) is 80.6 Å². The van der Waals surface area contributed by atoms with Crippen molar-refractivity contribution in [3.05, 3.63) is 141 Å². The molecule has 0 fully saturated rings. The molecule has 0 bridgehead atoms. The van der Waals surface area contributed by atoms with Crippen LogP contribution in [-0.4, -0.2) is 29.2 Å². The first-order chi connectivity index (χ1) is 23.6. The van der Waals surface area contributed by atoms with Crippen LogP contribution in [0.3, 0.4) is 0 Å². The van der Waals surface area contributed by atoms with Crippen molar-refractivity contribution >= 4 is 52.3 Å². The zero-order valence-corrected chi connectivity index (χ0v) is 28.6. The Morgan fingerprint density at radius 1 is 1.10 bits per heavy atom. The molecule has 49 heavy (non-hydrogen) atoms. The van der Waals surface area contributed by atoms with Crippen molar-refractivity contribution in [2.75, 3.05) is 13.7 Å². The number of carbonyl (C=O) groups excluding carboxylic acids is 1. The highest BCUT2D eigenvalue weighted by Crippen LogP contribution is 2.35. The number of hydrogen-bond acceptors (Lipinski definition) is 10. The lowest BCUT2D eigenvalue weighted by Crippen LogP contribution is -2.39. The monoisotopic (exact) mass is 719 g/mol. The SMILES string of the molecule is CCOC(=O)C1=C(C)N=c2s/c(=C\c3ccc(OCc4ccc(Cl)cc4Cl)c(OC)c3)c(=O)n2[C@H]1c1ccc(-c2cccc([N+](=O)[O-])c2)o1. The van der Waals surface area contributed by atoms with E-state index in [2.05, 4.69) is 4.99 Å². The van der Waals surface area contributed by atoms with Gasteiger partial charge in [0, 0.05) is 33.3 Å². The number of methoxy groups -OCH3 is 1. The molecule has 0 saturated heterocycles. The average molecular weight is 721 g/mol. The maximum Gasteiger partial charge on any atom is 0.338 e. The molecule has 0 radical (unpaired) electrons. The third kappa shape index (κ3) is 6.89. The van der Waals surface area contributed by atoms with Gasteiger partial charge in [-0.05, 0) is 61.9 Å². The smallest absolute Gasteiger partial charge is 0.338 e. The van der Waals surface area contributed by atoms with Crippen molar-refractivity contribution in [3.8, 4) is 22.8 Å². The predicted octanol–water partition coefficient (Wildman–Crippen LogP) is 6.86. The predicted molar refractivity (Wildman–Crippen MR) is 185 cm³/mol. The van der Waals surface area contributed by atoms with E-state index in [4.69, 9.17) is 41.8 Å². The lowest BCUT2D eigenvalue weighted by molar-refractivity contribution is -0.384. The zero-order valence-electron chi connectivity index (χ0n) is 26.3. The van der Waals surface area contributed by atoms with Crippen LogP contribution in [0.2, 0.25) is 10.0 Å². The van der Waals surface area contributed by atoms with E-state index >= 15 is 0 Å².